The molecule has 0 N–H and O–H groups in total. The Kier molecular flexibility index (Phi) is 8.49. The van der Waals surface area contributed by atoms with Crippen molar-refractivity contribution < 1.29 is 4.79 Å². The van der Waals surface area contributed by atoms with Crippen LogP contribution in [0.25, 0.3) is 0 Å². The Morgan fingerprint density at radius 2 is 1.94 bits per heavy atom. The Balaban J connectivity index is 2.03. The Labute approximate surface area is 117 Å². The van der Waals surface area contributed by atoms with Crippen LogP contribution in [0.3, 0.4) is 0 Å². The number of halogens is 1. The summed E-state index contributed by atoms with van der Waals surface area (Å²) in [6, 6.07) is 0. The molecule has 0 radical (unpaired) electrons. The molecule has 1 saturated heterocycles. The molecule has 1 unspecified atom stereocenters. The van der Waals surface area contributed by atoms with Crippen molar-refractivity contribution >= 4 is 17.5 Å². The van der Waals surface area contributed by atoms with E-state index in [1.54, 1.807) is 0 Å². The standard InChI is InChI=1S/C15H28ClNO/c1-2-3-4-5-6-7-8-15(18)17-12-10-14(13-17)9-11-16/h14H,2-13H2,1H3. The van der Waals surface area contributed by atoms with Crippen LogP contribution in [-0.4, -0.2) is 29.8 Å². The lowest BCUT2D eigenvalue weighted by Crippen LogP contribution is -2.28. The monoisotopic (exact) mass is 273 g/mol. The second-order valence-electron chi connectivity index (χ2n) is 5.49. The van der Waals surface area contributed by atoms with E-state index in [-0.39, 0.29) is 0 Å². The third-order valence-electron chi connectivity index (χ3n) is 3.90. The molecule has 2 nitrogen and oxygen atoms in total. The van der Waals surface area contributed by atoms with Crippen molar-refractivity contribution in [2.75, 3.05) is 19.0 Å². The van der Waals surface area contributed by atoms with E-state index in [4.69, 9.17) is 11.6 Å². The van der Waals surface area contributed by atoms with Crippen LogP contribution in [0.2, 0.25) is 0 Å². The van der Waals surface area contributed by atoms with E-state index in [0.29, 0.717) is 11.8 Å². The lowest BCUT2D eigenvalue weighted by molar-refractivity contribution is -0.130. The molecule has 0 aliphatic carbocycles. The molecule has 1 atom stereocenters. The van der Waals surface area contributed by atoms with Crippen LogP contribution in [0, 0.1) is 5.92 Å². The summed E-state index contributed by atoms with van der Waals surface area (Å²) in [4.78, 5) is 14.0. The van der Waals surface area contributed by atoms with Gasteiger partial charge in [0.2, 0.25) is 5.91 Å². The number of hydrogen-bond donors (Lipinski definition) is 0. The minimum Gasteiger partial charge on any atom is -0.342 e. The number of rotatable bonds is 9. The number of carbonyl (C=O) groups excluding carboxylic acids is 1. The number of nitrogens with zero attached hydrogens (tertiary/aromatic N) is 1. The molecule has 1 amide bonds. The van der Waals surface area contributed by atoms with Gasteiger partial charge in [-0.3, -0.25) is 4.79 Å². The lowest BCUT2D eigenvalue weighted by atomic mass is 10.1. The lowest BCUT2D eigenvalue weighted by Gasteiger charge is -2.16. The fourth-order valence-corrected chi connectivity index (χ4v) is 2.97. The maximum Gasteiger partial charge on any atom is 0.222 e. The minimum absolute atomic E-state index is 0.363. The summed E-state index contributed by atoms with van der Waals surface area (Å²) in [7, 11) is 0. The predicted octanol–water partition coefficient (Wildman–Crippen LogP) is 4.21. The molecule has 1 fully saturated rings. The summed E-state index contributed by atoms with van der Waals surface area (Å²) in [6.45, 7) is 4.13. The van der Waals surface area contributed by atoms with E-state index in [0.717, 1.165) is 44.7 Å². The molecule has 0 saturated carbocycles. The predicted molar refractivity (Wildman–Crippen MR) is 78.0 cm³/mol. The molecule has 1 aliphatic heterocycles. The molecule has 0 spiro atoms. The van der Waals surface area contributed by atoms with Gasteiger partial charge in [-0.15, -0.1) is 11.6 Å². The van der Waals surface area contributed by atoms with Crippen molar-refractivity contribution in [3.8, 4) is 0 Å². The molecule has 1 rings (SSSR count). The number of amides is 1. The largest absolute Gasteiger partial charge is 0.342 e. The molecule has 0 aromatic rings. The highest BCUT2D eigenvalue weighted by Crippen LogP contribution is 2.21. The Bertz CT molecular complexity index is 233. The highest BCUT2D eigenvalue weighted by atomic mass is 35.5. The summed E-state index contributed by atoms with van der Waals surface area (Å²) >= 11 is 5.75. The van der Waals surface area contributed by atoms with Crippen LogP contribution in [0.4, 0.5) is 0 Å². The normalized spacial score (nSPS) is 19.4. The Morgan fingerprint density at radius 3 is 2.67 bits per heavy atom. The SMILES string of the molecule is CCCCCCCCC(=O)N1CCC(CCCl)C1. The van der Waals surface area contributed by atoms with Gasteiger partial charge in [-0.2, -0.15) is 0 Å². The fourth-order valence-electron chi connectivity index (χ4n) is 2.66. The Morgan fingerprint density at radius 1 is 1.22 bits per heavy atom. The van der Waals surface area contributed by atoms with Crippen LogP contribution in [0.5, 0.6) is 0 Å². The summed E-state index contributed by atoms with van der Waals surface area (Å²) in [5.41, 5.74) is 0. The van der Waals surface area contributed by atoms with Gasteiger partial charge in [-0.25, -0.2) is 0 Å². The van der Waals surface area contributed by atoms with Crippen molar-refractivity contribution in [2.45, 2.75) is 64.7 Å². The molecular formula is C15H28ClNO. The van der Waals surface area contributed by atoms with E-state index in [1.165, 1.54) is 32.1 Å². The van der Waals surface area contributed by atoms with Crippen molar-refractivity contribution in [3.05, 3.63) is 0 Å². The maximum atomic E-state index is 12.0. The number of likely N-dealkylation sites (tertiary alicyclic amines) is 1. The second kappa shape index (κ2) is 9.66. The topological polar surface area (TPSA) is 20.3 Å². The third-order valence-corrected chi connectivity index (χ3v) is 4.12. The first-order valence-corrected chi connectivity index (χ1v) is 8.15. The van der Waals surface area contributed by atoms with Crippen molar-refractivity contribution in [2.24, 2.45) is 5.92 Å². The number of unbranched alkanes of at least 4 members (excludes halogenated alkanes) is 5. The average Bonchev–Trinajstić information content (AvgIpc) is 2.82. The molecule has 18 heavy (non-hydrogen) atoms. The van der Waals surface area contributed by atoms with Gasteiger partial charge in [-0.1, -0.05) is 39.0 Å². The summed E-state index contributed by atoms with van der Waals surface area (Å²) < 4.78 is 0. The fraction of sp³-hybridized carbons (Fsp3) is 0.933. The van der Waals surface area contributed by atoms with Gasteiger partial charge in [0.05, 0.1) is 0 Å². The van der Waals surface area contributed by atoms with Gasteiger partial charge in [0.15, 0.2) is 0 Å². The molecule has 3 heteroatoms. The zero-order valence-electron chi connectivity index (χ0n) is 11.8. The third kappa shape index (κ3) is 6.08. The van der Waals surface area contributed by atoms with Gasteiger partial charge in [0.1, 0.15) is 0 Å². The molecule has 1 heterocycles. The first-order valence-electron chi connectivity index (χ1n) is 7.61. The van der Waals surface area contributed by atoms with E-state index in [2.05, 4.69) is 6.92 Å². The van der Waals surface area contributed by atoms with Gasteiger partial charge in [0.25, 0.3) is 0 Å². The zero-order valence-corrected chi connectivity index (χ0v) is 12.6. The average molecular weight is 274 g/mol. The van der Waals surface area contributed by atoms with Crippen molar-refractivity contribution in [1.29, 1.82) is 0 Å². The highest BCUT2D eigenvalue weighted by molar-refractivity contribution is 6.17. The maximum absolute atomic E-state index is 12.0. The van der Waals surface area contributed by atoms with Crippen LogP contribution in [0.1, 0.15) is 64.7 Å². The Hall–Kier alpha value is -0.240. The smallest absolute Gasteiger partial charge is 0.222 e. The van der Waals surface area contributed by atoms with Crippen LogP contribution >= 0.6 is 11.6 Å². The summed E-state index contributed by atoms with van der Waals surface area (Å²) in [5, 5.41) is 0. The summed E-state index contributed by atoms with van der Waals surface area (Å²) in [5.74, 6) is 1.74. The first kappa shape index (κ1) is 15.8. The van der Waals surface area contributed by atoms with Crippen molar-refractivity contribution in [3.63, 3.8) is 0 Å². The van der Waals surface area contributed by atoms with Crippen LogP contribution in [-0.2, 0) is 4.79 Å². The van der Waals surface area contributed by atoms with Crippen LogP contribution in [0.15, 0.2) is 0 Å². The molecule has 106 valence electrons. The molecule has 1 aliphatic rings. The van der Waals surface area contributed by atoms with Gasteiger partial charge < -0.3 is 4.90 Å². The molecule has 0 bridgehead atoms. The van der Waals surface area contributed by atoms with E-state index >= 15 is 0 Å². The molecule has 0 aromatic carbocycles. The zero-order chi connectivity index (χ0) is 13.2. The van der Waals surface area contributed by atoms with Gasteiger partial charge >= 0.3 is 0 Å². The second-order valence-corrected chi connectivity index (χ2v) is 5.87. The number of alkyl halides is 1. The quantitative estimate of drug-likeness (QED) is 0.455. The number of hydrogen-bond acceptors (Lipinski definition) is 1. The van der Waals surface area contributed by atoms with E-state index in [9.17, 15) is 4.79 Å². The first-order chi connectivity index (χ1) is 8.77. The van der Waals surface area contributed by atoms with E-state index < -0.39 is 0 Å². The number of carbonyl (C=O) groups is 1. The molecular weight excluding hydrogens is 246 g/mol. The van der Waals surface area contributed by atoms with Gasteiger partial charge in [-0.05, 0) is 25.2 Å². The van der Waals surface area contributed by atoms with E-state index in [1.807, 2.05) is 4.90 Å². The van der Waals surface area contributed by atoms with Gasteiger partial charge in [0, 0.05) is 25.4 Å². The van der Waals surface area contributed by atoms with Crippen molar-refractivity contribution in [1.82, 2.24) is 4.90 Å². The minimum atomic E-state index is 0.363. The van der Waals surface area contributed by atoms with Crippen LogP contribution < -0.4 is 0 Å². The molecule has 0 aromatic heterocycles. The highest BCUT2D eigenvalue weighted by Gasteiger charge is 2.24. The summed E-state index contributed by atoms with van der Waals surface area (Å²) in [6.07, 6.45) is 10.5.